The maximum atomic E-state index is 13.5. The molecule has 3 rings (SSSR count). The molecule has 2 heteroatoms. The summed E-state index contributed by atoms with van der Waals surface area (Å²) in [5.41, 5.74) is 2.77. The zero-order chi connectivity index (χ0) is 12.2. The number of rotatable bonds is 0. The molecule has 1 aromatic carbocycles. The van der Waals surface area contributed by atoms with Gasteiger partial charge in [-0.05, 0) is 61.0 Å². The van der Waals surface area contributed by atoms with Gasteiger partial charge in [0, 0.05) is 6.04 Å². The van der Waals surface area contributed by atoms with E-state index in [0.29, 0.717) is 12.0 Å². The van der Waals surface area contributed by atoms with Gasteiger partial charge in [0.2, 0.25) is 0 Å². The molecule has 1 aliphatic carbocycles. The van der Waals surface area contributed by atoms with E-state index >= 15 is 0 Å². The Hall–Kier alpha value is -0.890. The fraction of sp³-hybridized carbons (Fsp3) is 0.600. The van der Waals surface area contributed by atoms with Crippen molar-refractivity contribution in [3.63, 3.8) is 0 Å². The van der Waals surface area contributed by atoms with Gasteiger partial charge in [0.1, 0.15) is 5.82 Å². The van der Waals surface area contributed by atoms with Crippen LogP contribution in [-0.2, 0) is 11.8 Å². The predicted octanol–water partition coefficient (Wildman–Crippen LogP) is 2.98. The molecule has 92 valence electrons. The molecule has 3 unspecified atom stereocenters. The summed E-state index contributed by atoms with van der Waals surface area (Å²) >= 11 is 0. The summed E-state index contributed by atoms with van der Waals surface area (Å²) in [4.78, 5) is 2.47. The topological polar surface area (TPSA) is 3.24 Å². The quantitative estimate of drug-likeness (QED) is 0.666. The molecule has 1 heterocycles. The van der Waals surface area contributed by atoms with Gasteiger partial charge in [-0.3, -0.25) is 0 Å². The molecule has 1 aliphatic heterocycles. The minimum atomic E-state index is -0.0884. The standard InChI is InChI=1S/C15H20FN/c1-10-14-8-11-4-5-12(16)9-13(11)15(10,2)6-7-17(14)3/h4-5,9-10,14H,6-8H2,1-3H3. The van der Waals surface area contributed by atoms with Crippen molar-refractivity contribution < 1.29 is 4.39 Å². The predicted molar refractivity (Wildman–Crippen MR) is 67.7 cm³/mol. The Balaban J connectivity index is 2.16. The van der Waals surface area contributed by atoms with Crippen LogP contribution in [0.25, 0.3) is 0 Å². The maximum Gasteiger partial charge on any atom is 0.123 e. The average molecular weight is 233 g/mol. The number of nitrogens with zero attached hydrogens (tertiary/aromatic N) is 1. The molecule has 0 N–H and O–H groups in total. The number of piperidine rings is 1. The average Bonchev–Trinajstić information content (AvgIpc) is 2.30. The Labute approximate surface area is 103 Å². The third-order valence-corrected chi connectivity index (χ3v) is 5.25. The van der Waals surface area contributed by atoms with E-state index in [1.165, 1.54) is 11.1 Å². The number of benzene rings is 1. The van der Waals surface area contributed by atoms with Crippen molar-refractivity contribution in [3.05, 3.63) is 35.1 Å². The van der Waals surface area contributed by atoms with E-state index in [2.05, 4.69) is 25.8 Å². The van der Waals surface area contributed by atoms with Crippen LogP contribution in [0.2, 0.25) is 0 Å². The molecule has 2 bridgehead atoms. The molecule has 1 saturated heterocycles. The summed E-state index contributed by atoms with van der Waals surface area (Å²) in [5, 5.41) is 0. The summed E-state index contributed by atoms with van der Waals surface area (Å²) < 4.78 is 13.5. The summed E-state index contributed by atoms with van der Waals surface area (Å²) in [7, 11) is 2.22. The Morgan fingerprint density at radius 1 is 1.41 bits per heavy atom. The molecule has 0 amide bonds. The van der Waals surface area contributed by atoms with Crippen LogP contribution in [0.15, 0.2) is 18.2 Å². The molecule has 0 aromatic heterocycles. The number of halogens is 1. The van der Waals surface area contributed by atoms with Gasteiger partial charge in [0.25, 0.3) is 0 Å². The van der Waals surface area contributed by atoms with Crippen LogP contribution in [-0.4, -0.2) is 24.5 Å². The summed E-state index contributed by atoms with van der Waals surface area (Å²) in [6.07, 6.45) is 2.21. The van der Waals surface area contributed by atoms with Gasteiger partial charge in [-0.25, -0.2) is 4.39 Å². The Morgan fingerprint density at radius 3 is 2.94 bits per heavy atom. The number of hydrogen-bond acceptors (Lipinski definition) is 1. The van der Waals surface area contributed by atoms with Crippen LogP contribution in [0.1, 0.15) is 31.4 Å². The fourth-order valence-corrected chi connectivity index (χ4v) is 3.80. The highest BCUT2D eigenvalue weighted by molar-refractivity contribution is 5.40. The van der Waals surface area contributed by atoms with E-state index in [9.17, 15) is 4.39 Å². The Kier molecular flexibility index (Phi) is 2.34. The molecule has 17 heavy (non-hydrogen) atoms. The van der Waals surface area contributed by atoms with Crippen molar-refractivity contribution in [3.8, 4) is 0 Å². The van der Waals surface area contributed by atoms with Gasteiger partial charge in [0.15, 0.2) is 0 Å². The van der Waals surface area contributed by atoms with Crippen molar-refractivity contribution in [1.82, 2.24) is 4.90 Å². The minimum Gasteiger partial charge on any atom is -0.303 e. The molecular formula is C15H20FN. The van der Waals surface area contributed by atoms with Crippen molar-refractivity contribution in [2.45, 2.75) is 38.1 Å². The third-order valence-electron chi connectivity index (χ3n) is 5.25. The van der Waals surface area contributed by atoms with E-state index < -0.39 is 0 Å². The molecule has 3 atom stereocenters. The van der Waals surface area contributed by atoms with E-state index in [4.69, 9.17) is 0 Å². The first-order chi connectivity index (χ1) is 8.02. The Bertz CT molecular complexity index is 456. The van der Waals surface area contributed by atoms with Gasteiger partial charge in [-0.1, -0.05) is 19.9 Å². The second-order valence-corrected chi connectivity index (χ2v) is 6.01. The van der Waals surface area contributed by atoms with E-state index in [1.54, 1.807) is 12.1 Å². The highest BCUT2D eigenvalue weighted by atomic mass is 19.1. The second kappa shape index (κ2) is 3.55. The number of likely N-dealkylation sites (tertiary alicyclic amines) is 1. The molecular weight excluding hydrogens is 213 g/mol. The first-order valence-corrected chi connectivity index (χ1v) is 6.51. The lowest BCUT2D eigenvalue weighted by Crippen LogP contribution is -2.56. The van der Waals surface area contributed by atoms with Crippen LogP contribution in [0, 0.1) is 11.7 Å². The lowest BCUT2D eigenvalue weighted by molar-refractivity contribution is 0.0505. The minimum absolute atomic E-state index is 0.0884. The SMILES string of the molecule is CC1C2Cc3ccc(F)cc3C1(C)CCN2C. The van der Waals surface area contributed by atoms with Crippen LogP contribution in [0.3, 0.4) is 0 Å². The van der Waals surface area contributed by atoms with Crippen molar-refractivity contribution >= 4 is 0 Å². The van der Waals surface area contributed by atoms with E-state index in [0.717, 1.165) is 19.4 Å². The zero-order valence-electron chi connectivity index (χ0n) is 10.8. The number of hydrogen-bond donors (Lipinski definition) is 0. The van der Waals surface area contributed by atoms with Crippen molar-refractivity contribution in [2.75, 3.05) is 13.6 Å². The van der Waals surface area contributed by atoms with Crippen LogP contribution in [0.4, 0.5) is 4.39 Å². The lowest BCUT2D eigenvalue weighted by atomic mass is 9.59. The largest absolute Gasteiger partial charge is 0.303 e. The molecule has 0 spiro atoms. The first kappa shape index (κ1) is 11.2. The highest BCUT2D eigenvalue weighted by Crippen LogP contribution is 2.48. The van der Waals surface area contributed by atoms with Crippen LogP contribution < -0.4 is 0 Å². The zero-order valence-corrected chi connectivity index (χ0v) is 10.8. The molecule has 1 nitrogen and oxygen atoms in total. The maximum absolute atomic E-state index is 13.5. The van der Waals surface area contributed by atoms with Crippen LogP contribution >= 0.6 is 0 Å². The van der Waals surface area contributed by atoms with Crippen LogP contribution in [0.5, 0.6) is 0 Å². The normalized spacial score (nSPS) is 36.7. The highest BCUT2D eigenvalue weighted by Gasteiger charge is 2.47. The fourth-order valence-electron chi connectivity index (χ4n) is 3.80. The van der Waals surface area contributed by atoms with E-state index in [1.807, 2.05) is 6.07 Å². The number of likely N-dealkylation sites (N-methyl/N-ethyl adjacent to an activating group) is 1. The second-order valence-electron chi connectivity index (χ2n) is 6.01. The molecule has 1 fully saturated rings. The number of fused-ring (bicyclic) bond motifs is 4. The summed E-state index contributed by atoms with van der Waals surface area (Å²) in [6, 6.07) is 5.98. The van der Waals surface area contributed by atoms with Gasteiger partial charge >= 0.3 is 0 Å². The van der Waals surface area contributed by atoms with Crippen molar-refractivity contribution in [1.29, 1.82) is 0 Å². The Morgan fingerprint density at radius 2 is 2.18 bits per heavy atom. The lowest BCUT2D eigenvalue weighted by Gasteiger charge is -2.53. The monoisotopic (exact) mass is 233 g/mol. The smallest absolute Gasteiger partial charge is 0.123 e. The van der Waals surface area contributed by atoms with Gasteiger partial charge in [-0.15, -0.1) is 0 Å². The summed E-state index contributed by atoms with van der Waals surface area (Å²) in [6.45, 7) is 5.77. The van der Waals surface area contributed by atoms with Gasteiger partial charge in [0.05, 0.1) is 0 Å². The van der Waals surface area contributed by atoms with Crippen molar-refractivity contribution in [2.24, 2.45) is 5.92 Å². The molecule has 2 aliphatic rings. The van der Waals surface area contributed by atoms with E-state index in [-0.39, 0.29) is 11.2 Å². The molecule has 0 radical (unpaired) electrons. The van der Waals surface area contributed by atoms with Gasteiger partial charge in [-0.2, -0.15) is 0 Å². The molecule has 0 saturated carbocycles. The third kappa shape index (κ3) is 1.46. The first-order valence-electron chi connectivity index (χ1n) is 6.51. The molecule has 1 aromatic rings. The van der Waals surface area contributed by atoms with Gasteiger partial charge < -0.3 is 4.90 Å². The summed E-state index contributed by atoms with van der Waals surface area (Å²) in [5.74, 6) is 0.519.